The van der Waals surface area contributed by atoms with Crippen LogP contribution in [0.25, 0.3) is 6.08 Å². The average Bonchev–Trinajstić information content (AvgIpc) is 3.17. The fourth-order valence-corrected chi connectivity index (χ4v) is 3.85. The van der Waals surface area contributed by atoms with Gasteiger partial charge in [-0.2, -0.15) is 0 Å². The van der Waals surface area contributed by atoms with Crippen molar-refractivity contribution in [2.75, 3.05) is 51.7 Å². The molecule has 1 aliphatic heterocycles. The second-order valence-electron chi connectivity index (χ2n) is 6.59. The van der Waals surface area contributed by atoms with Gasteiger partial charge in [0, 0.05) is 32.7 Å². The summed E-state index contributed by atoms with van der Waals surface area (Å²) in [5.74, 6) is -0.538. The minimum atomic E-state index is -0.428. The summed E-state index contributed by atoms with van der Waals surface area (Å²) in [5, 5.41) is 4.59. The van der Waals surface area contributed by atoms with Gasteiger partial charge in [-0.05, 0) is 17.0 Å². The van der Waals surface area contributed by atoms with Gasteiger partial charge in [0.1, 0.15) is 4.88 Å². The summed E-state index contributed by atoms with van der Waals surface area (Å²) in [6.45, 7) is 4.78. The third kappa shape index (κ3) is 5.76. The number of benzene rings is 1. The van der Waals surface area contributed by atoms with E-state index in [1.54, 1.807) is 11.4 Å². The molecule has 28 heavy (non-hydrogen) atoms. The highest BCUT2D eigenvalue weighted by molar-refractivity contribution is 7.12. The number of ether oxygens (including phenoxy) is 1. The number of anilines is 1. The number of methoxy groups -OCH3 is 1. The third-order valence-corrected chi connectivity index (χ3v) is 5.51. The third-order valence-electron chi connectivity index (χ3n) is 4.62. The Kier molecular flexibility index (Phi) is 7.36. The van der Waals surface area contributed by atoms with Crippen molar-refractivity contribution in [3.63, 3.8) is 0 Å². The highest BCUT2D eigenvalue weighted by Crippen LogP contribution is 2.23. The Hall–Kier alpha value is -2.48. The number of esters is 1. The number of amides is 1. The smallest absolute Gasteiger partial charge is 0.350 e. The van der Waals surface area contributed by atoms with E-state index in [0.717, 1.165) is 32.7 Å². The van der Waals surface area contributed by atoms with Crippen LogP contribution in [0.5, 0.6) is 0 Å². The zero-order valence-corrected chi connectivity index (χ0v) is 16.8. The Balaban J connectivity index is 1.40. The van der Waals surface area contributed by atoms with Crippen LogP contribution in [0.2, 0.25) is 0 Å². The lowest BCUT2D eigenvalue weighted by atomic mass is 10.2. The highest BCUT2D eigenvalue weighted by Gasteiger charge is 2.20. The standard InChI is InChI=1S/C21H25N3O3S/c1-27-21(26)20-18(9-15-28-20)22-19(25)16-24-13-11-23(12-14-24)10-5-8-17-6-3-2-4-7-17/h2-9,15H,10-14,16H2,1H3,(H,22,25)/b8-5+. The summed E-state index contributed by atoms with van der Waals surface area (Å²) in [4.78, 5) is 29.0. The van der Waals surface area contributed by atoms with Gasteiger partial charge in [-0.25, -0.2) is 4.79 Å². The molecule has 1 aromatic heterocycles. The average molecular weight is 400 g/mol. The van der Waals surface area contributed by atoms with Gasteiger partial charge >= 0.3 is 5.97 Å². The number of thiophene rings is 1. The Morgan fingerprint density at radius 1 is 1.11 bits per heavy atom. The van der Waals surface area contributed by atoms with Gasteiger partial charge in [-0.3, -0.25) is 14.6 Å². The number of nitrogens with one attached hydrogen (secondary N) is 1. The molecular formula is C21H25N3O3S. The molecule has 1 fully saturated rings. The number of piperazine rings is 1. The Bertz CT molecular complexity index is 811. The summed E-state index contributed by atoms with van der Waals surface area (Å²) >= 11 is 1.26. The first kappa shape index (κ1) is 20.3. The van der Waals surface area contributed by atoms with Crippen molar-refractivity contribution in [1.82, 2.24) is 9.80 Å². The van der Waals surface area contributed by atoms with Crippen LogP contribution in [0, 0.1) is 0 Å². The number of hydrogen-bond donors (Lipinski definition) is 1. The maximum atomic E-state index is 12.3. The SMILES string of the molecule is COC(=O)c1sccc1NC(=O)CN1CCN(C/C=C/c2ccccc2)CC1. The number of carbonyl (C=O) groups is 2. The van der Waals surface area contributed by atoms with Gasteiger partial charge in [-0.1, -0.05) is 42.5 Å². The van der Waals surface area contributed by atoms with Gasteiger partial charge in [0.15, 0.2) is 0 Å². The first-order chi connectivity index (χ1) is 13.7. The minimum Gasteiger partial charge on any atom is -0.465 e. The maximum Gasteiger partial charge on any atom is 0.350 e. The van der Waals surface area contributed by atoms with Crippen LogP contribution in [-0.4, -0.2) is 68.1 Å². The molecule has 0 unspecified atom stereocenters. The summed E-state index contributed by atoms with van der Waals surface area (Å²) < 4.78 is 4.74. The summed E-state index contributed by atoms with van der Waals surface area (Å²) in [7, 11) is 1.34. The topological polar surface area (TPSA) is 61.9 Å². The predicted molar refractivity (Wildman–Crippen MR) is 113 cm³/mol. The summed E-state index contributed by atoms with van der Waals surface area (Å²) in [6.07, 6.45) is 4.32. The first-order valence-corrected chi connectivity index (χ1v) is 10.2. The molecule has 3 rings (SSSR count). The molecule has 0 spiro atoms. The van der Waals surface area contributed by atoms with Crippen molar-refractivity contribution in [2.45, 2.75) is 0 Å². The minimum absolute atomic E-state index is 0.110. The molecule has 148 valence electrons. The Morgan fingerprint density at radius 2 is 1.82 bits per heavy atom. The van der Waals surface area contributed by atoms with E-state index in [1.165, 1.54) is 24.0 Å². The number of hydrogen-bond acceptors (Lipinski definition) is 6. The Labute approximate surface area is 169 Å². The van der Waals surface area contributed by atoms with E-state index in [2.05, 4.69) is 39.4 Å². The van der Waals surface area contributed by atoms with E-state index in [1.807, 2.05) is 18.2 Å². The highest BCUT2D eigenvalue weighted by atomic mass is 32.1. The Morgan fingerprint density at radius 3 is 2.54 bits per heavy atom. The fraction of sp³-hybridized carbons (Fsp3) is 0.333. The molecule has 0 bridgehead atoms. The second-order valence-corrected chi connectivity index (χ2v) is 7.51. The lowest BCUT2D eigenvalue weighted by molar-refractivity contribution is -0.117. The van der Waals surface area contributed by atoms with Crippen LogP contribution >= 0.6 is 11.3 Å². The molecule has 0 saturated carbocycles. The van der Waals surface area contributed by atoms with E-state index in [4.69, 9.17) is 4.74 Å². The van der Waals surface area contributed by atoms with E-state index in [-0.39, 0.29) is 5.91 Å². The summed E-state index contributed by atoms with van der Waals surface area (Å²) in [5.41, 5.74) is 1.73. The van der Waals surface area contributed by atoms with E-state index >= 15 is 0 Å². The fourth-order valence-electron chi connectivity index (χ4n) is 3.08. The van der Waals surface area contributed by atoms with Crippen molar-refractivity contribution < 1.29 is 14.3 Å². The molecule has 1 N–H and O–H groups in total. The van der Waals surface area contributed by atoms with Crippen LogP contribution in [0.15, 0.2) is 47.9 Å². The van der Waals surface area contributed by atoms with Gasteiger partial charge in [0.25, 0.3) is 0 Å². The molecule has 0 radical (unpaired) electrons. The van der Waals surface area contributed by atoms with Gasteiger partial charge in [0.2, 0.25) is 5.91 Å². The predicted octanol–water partition coefficient (Wildman–Crippen LogP) is 2.80. The molecule has 6 nitrogen and oxygen atoms in total. The second kappa shape index (κ2) is 10.2. The number of rotatable bonds is 7. The molecule has 1 aliphatic rings. The molecule has 7 heteroatoms. The monoisotopic (exact) mass is 399 g/mol. The van der Waals surface area contributed by atoms with Crippen LogP contribution in [-0.2, 0) is 9.53 Å². The molecular weight excluding hydrogens is 374 g/mol. The molecule has 0 aliphatic carbocycles. The van der Waals surface area contributed by atoms with Crippen molar-refractivity contribution in [1.29, 1.82) is 0 Å². The number of carbonyl (C=O) groups excluding carboxylic acids is 2. The van der Waals surface area contributed by atoms with Gasteiger partial charge < -0.3 is 10.1 Å². The van der Waals surface area contributed by atoms with Crippen LogP contribution in [0.1, 0.15) is 15.2 Å². The normalized spacial score (nSPS) is 15.6. The van der Waals surface area contributed by atoms with E-state index in [0.29, 0.717) is 17.1 Å². The van der Waals surface area contributed by atoms with Gasteiger partial charge in [-0.15, -0.1) is 11.3 Å². The molecule has 0 atom stereocenters. The maximum absolute atomic E-state index is 12.3. The number of nitrogens with zero attached hydrogens (tertiary/aromatic N) is 2. The quantitative estimate of drug-likeness (QED) is 0.726. The van der Waals surface area contributed by atoms with Crippen molar-refractivity contribution >= 4 is 35.0 Å². The van der Waals surface area contributed by atoms with Crippen LogP contribution in [0.4, 0.5) is 5.69 Å². The zero-order valence-electron chi connectivity index (χ0n) is 16.0. The zero-order chi connectivity index (χ0) is 19.8. The largest absolute Gasteiger partial charge is 0.465 e. The lowest BCUT2D eigenvalue weighted by Gasteiger charge is -2.33. The summed E-state index contributed by atoms with van der Waals surface area (Å²) in [6, 6.07) is 12.0. The molecule has 1 aromatic carbocycles. The molecule has 2 heterocycles. The van der Waals surface area contributed by atoms with Crippen molar-refractivity contribution in [2.24, 2.45) is 0 Å². The van der Waals surface area contributed by atoms with Crippen LogP contribution in [0.3, 0.4) is 0 Å². The molecule has 1 saturated heterocycles. The first-order valence-electron chi connectivity index (χ1n) is 9.27. The van der Waals surface area contributed by atoms with Crippen LogP contribution < -0.4 is 5.32 Å². The molecule has 1 amide bonds. The van der Waals surface area contributed by atoms with Crippen molar-refractivity contribution in [3.8, 4) is 0 Å². The van der Waals surface area contributed by atoms with Crippen molar-refractivity contribution in [3.05, 3.63) is 58.3 Å². The lowest BCUT2D eigenvalue weighted by Crippen LogP contribution is -2.48. The van der Waals surface area contributed by atoms with Gasteiger partial charge in [0.05, 0.1) is 19.3 Å². The van der Waals surface area contributed by atoms with E-state index in [9.17, 15) is 9.59 Å². The van der Waals surface area contributed by atoms with E-state index < -0.39 is 5.97 Å². The molecule has 2 aromatic rings.